The molecule has 3 atom stereocenters. The monoisotopic (exact) mass is 290 g/mol. The van der Waals surface area contributed by atoms with Gasteiger partial charge in [0, 0.05) is 13.1 Å². The molecule has 1 aliphatic heterocycles. The first-order valence-electron chi connectivity index (χ1n) is 7.83. The van der Waals surface area contributed by atoms with Crippen LogP contribution in [0.5, 0.6) is 0 Å². The lowest BCUT2D eigenvalue weighted by molar-refractivity contribution is 0.0431. The van der Waals surface area contributed by atoms with Crippen LogP contribution in [0.25, 0.3) is 0 Å². The molecule has 0 saturated carbocycles. The molecule has 4 heteroatoms. The van der Waals surface area contributed by atoms with Crippen LogP contribution in [0.4, 0.5) is 4.79 Å². The molecule has 4 nitrogen and oxygen atoms in total. The number of carbonyl (C=O) groups is 1. The normalized spacial score (nSPS) is 23.7. The van der Waals surface area contributed by atoms with Crippen LogP contribution < -0.4 is 5.32 Å². The second-order valence-corrected chi connectivity index (χ2v) is 6.05. The van der Waals surface area contributed by atoms with Gasteiger partial charge in [-0.3, -0.25) is 0 Å². The van der Waals surface area contributed by atoms with Gasteiger partial charge in [0.25, 0.3) is 0 Å². The van der Waals surface area contributed by atoms with E-state index in [1.54, 1.807) is 4.90 Å². The quantitative estimate of drug-likeness (QED) is 0.899. The van der Waals surface area contributed by atoms with Gasteiger partial charge in [-0.15, -0.1) is 0 Å². The van der Waals surface area contributed by atoms with E-state index < -0.39 is 6.10 Å². The van der Waals surface area contributed by atoms with Gasteiger partial charge in [0.05, 0.1) is 12.1 Å². The maximum atomic E-state index is 12.3. The molecule has 1 saturated heterocycles. The van der Waals surface area contributed by atoms with Gasteiger partial charge in [-0.1, -0.05) is 38.1 Å². The number of hydrogen-bond acceptors (Lipinski definition) is 2. The van der Waals surface area contributed by atoms with Crippen molar-refractivity contribution in [3.8, 4) is 0 Å². The topological polar surface area (TPSA) is 52.6 Å². The smallest absolute Gasteiger partial charge is 0.317 e. The number of β-amino-alcohol motifs (C(OH)–C–C–N with tert-alkyl or cyclic N) is 1. The van der Waals surface area contributed by atoms with Crippen molar-refractivity contribution in [2.45, 2.75) is 45.8 Å². The first-order valence-corrected chi connectivity index (χ1v) is 7.83. The molecule has 0 spiro atoms. The van der Waals surface area contributed by atoms with Crippen LogP contribution in [0.3, 0.4) is 0 Å². The van der Waals surface area contributed by atoms with Gasteiger partial charge in [0.2, 0.25) is 0 Å². The molecule has 21 heavy (non-hydrogen) atoms. The van der Waals surface area contributed by atoms with Crippen molar-refractivity contribution in [3.63, 3.8) is 0 Å². The van der Waals surface area contributed by atoms with Gasteiger partial charge in [-0.05, 0) is 36.8 Å². The summed E-state index contributed by atoms with van der Waals surface area (Å²) < 4.78 is 0. The van der Waals surface area contributed by atoms with Gasteiger partial charge in [-0.2, -0.15) is 0 Å². The van der Waals surface area contributed by atoms with Crippen molar-refractivity contribution in [2.75, 3.05) is 13.1 Å². The highest BCUT2D eigenvalue weighted by Crippen LogP contribution is 2.18. The predicted molar refractivity (Wildman–Crippen MR) is 84.1 cm³/mol. The van der Waals surface area contributed by atoms with Crippen LogP contribution in [0.2, 0.25) is 0 Å². The summed E-state index contributed by atoms with van der Waals surface area (Å²) in [5.74, 6) is 0.271. The number of carbonyl (C=O) groups excluding carboxylic acids is 1. The minimum Gasteiger partial charge on any atom is -0.391 e. The van der Waals surface area contributed by atoms with Crippen molar-refractivity contribution >= 4 is 6.03 Å². The molecule has 0 radical (unpaired) electrons. The number of hydrogen-bond donors (Lipinski definition) is 2. The first kappa shape index (κ1) is 15.8. The molecule has 2 rings (SSSR count). The third-order valence-corrected chi connectivity index (χ3v) is 4.43. The largest absolute Gasteiger partial charge is 0.391 e. The molecule has 1 aliphatic rings. The van der Waals surface area contributed by atoms with Crippen molar-refractivity contribution in [1.82, 2.24) is 10.2 Å². The van der Waals surface area contributed by atoms with Gasteiger partial charge in [0.1, 0.15) is 0 Å². The standard InChI is InChI=1S/C17H26N2O2/c1-4-14-5-7-15(8-6-14)13(3)18-17(21)19-10-9-12(2)16(20)11-19/h5-8,12-13,16,20H,4,9-11H2,1-3H3,(H,18,21). The average Bonchev–Trinajstić information content (AvgIpc) is 2.50. The van der Waals surface area contributed by atoms with E-state index in [0.29, 0.717) is 13.1 Å². The molecule has 2 amide bonds. The van der Waals surface area contributed by atoms with Crippen molar-refractivity contribution in [1.29, 1.82) is 0 Å². The molecule has 1 fully saturated rings. The Bertz CT molecular complexity index is 472. The lowest BCUT2D eigenvalue weighted by atomic mass is 9.96. The Hall–Kier alpha value is -1.55. The third-order valence-electron chi connectivity index (χ3n) is 4.43. The van der Waals surface area contributed by atoms with Crippen LogP contribution in [-0.2, 0) is 6.42 Å². The molecule has 3 unspecified atom stereocenters. The van der Waals surface area contributed by atoms with Crippen molar-refractivity contribution < 1.29 is 9.90 Å². The number of aliphatic hydroxyl groups is 1. The number of nitrogens with one attached hydrogen (secondary N) is 1. The lowest BCUT2D eigenvalue weighted by Crippen LogP contribution is -2.50. The maximum Gasteiger partial charge on any atom is 0.317 e. The highest BCUT2D eigenvalue weighted by atomic mass is 16.3. The second kappa shape index (κ2) is 6.94. The molecule has 1 aromatic rings. The van der Waals surface area contributed by atoms with E-state index in [2.05, 4.69) is 36.5 Å². The summed E-state index contributed by atoms with van der Waals surface area (Å²) in [4.78, 5) is 14.0. The summed E-state index contributed by atoms with van der Waals surface area (Å²) in [6, 6.07) is 8.22. The molecule has 116 valence electrons. The maximum absolute atomic E-state index is 12.3. The fourth-order valence-electron chi connectivity index (χ4n) is 2.64. The molecule has 1 aromatic carbocycles. The molecule has 0 aromatic heterocycles. The number of urea groups is 1. The van der Waals surface area contributed by atoms with E-state index in [1.807, 2.05) is 13.8 Å². The zero-order chi connectivity index (χ0) is 15.4. The van der Waals surface area contributed by atoms with Gasteiger partial charge in [0.15, 0.2) is 0 Å². The number of rotatable bonds is 3. The zero-order valence-electron chi connectivity index (χ0n) is 13.2. The molecule has 0 bridgehead atoms. The fourth-order valence-corrected chi connectivity index (χ4v) is 2.64. The van der Waals surface area contributed by atoms with Crippen LogP contribution >= 0.6 is 0 Å². The van der Waals surface area contributed by atoms with E-state index in [1.165, 1.54) is 5.56 Å². The van der Waals surface area contributed by atoms with Crippen LogP contribution in [-0.4, -0.2) is 35.2 Å². The fraction of sp³-hybridized carbons (Fsp3) is 0.588. The Morgan fingerprint density at radius 3 is 2.67 bits per heavy atom. The van der Waals surface area contributed by atoms with Gasteiger partial charge >= 0.3 is 6.03 Å². The average molecular weight is 290 g/mol. The Morgan fingerprint density at radius 1 is 1.43 bits per heavy atom. The molecular formula is C17H26N2O2. The number of amides is 2. The van der Waals surface area contributed by atoms with E-state index in [4.69, 9.17) is 0 Å². The number of aliphatic hydroxyl groups excluding tert-OH is 1. The van der Waals surface area contributed by atoms with E-state index in [9.17, 15) is 9.90 Å². The van der Waals surface area contributed by atoms with Crippen molar-refractivity contribution in [3.05, 3.63) is 35.4 Å². The highest BCUT2D eigenvalue weighted by Gasteiger charge is 2.27. The summed E-state index contributed by atoms with van der Waals surface area (Å²) >= 11 is 0. The number of nitrogens with zero attached hydrogens (tertiary/aromatic N) is 1. The van der Waals surface area contributed by atoms with Gasteiger partial charge < -0.3 is 15.3 Å². The number of likely N-dealkylation sites (tertiary alicyclic amines) is 1. The summed E-state index contributed by atoms with van der Waals surface area (Å²) in [6.07, 6.45) is 1.46. The number of piperidine rings is 1. The third kappa shape index (κ3) is 3.97. The summed E-state index contributed by atoms with van der Waals surface area (Å²) in [5, 5.41) is 12.9. The van der Waals surface area contributed by atoms with Crippen LogP contribution in [0.1, 0.15) is 44.4 Å². The van der Waals surface area contributed by atoms with E-state index >= 15 is 0 Å². The molecule has 1 heterocycles. The SMILES string of the molecule is CCc1ccc(C(C)NC(=O)N2CCC(C)C(O)C2)cc1. The van der Waals surface area contributed by atoms with E-state index in [0.717, 1.165) is 18.4 Å². The summed E-state index contributed by atoms with van der Waals surface area (Å²) in [5.41, 5.74) is 2.40. The highest BCUT2D eigenvalue weighted by molar-refractivity contribution is 5.74. The number of aryl methyl sites for hydroxylation is 1. The molecule has 2 N–H and O–H groups in total. The minimum absolute atomic E-state index is 0.0279. The Kier molecular flexibility index (Phi) is 5.23. The van der Waals surface area contributed by atoms with Crippen LogP contribution in [0.15, 0.2) is 24.3 Å². The lowest BCUT2D eigenvalue weighted by Gasteiger charge is -2.35. The van der Waals surface area contributed by atoms with Crippen molar-refractivity contribution in [2.24, 2.45) is 5.92 Å². The Morgan fingerprint density at radius 2 is 2.10 bits per heavy atom. The second-order valence-electron chi connectivity index (χ2n) is 6.05. The minimum atomic E-state index is -0.413. The first-order chi connectivity index (χ1) is 10.0. The van der Waals surface area contributed by atoms with Crippen LogP contribution in [0, 0.1) is 5.92 Å². The zero-order valence-corrected chi connectivity index (χ0v) is 13.2. The Labute approximate surface area is 127 Å². The summed E-state index contributed by atoms with van der Waals surface area (Å²) in [7, 11) is 0. The molecule has 0 aliphatic carbocycles. The van der Waals surface area contributed by atoms with Gasteiger partial charge in [-0.25, -0.2) is 4.79 Å². The number of benzene rings is 1. The molecular weight excluding hydrogens is 264 g/mol. The predicted octanol–water partition coefficient (Wildman–Crippen LogP) is 2.72. The Balaban J connectivity index is 1.92. The van der Waals surface area contributed by atoms with E-state index in [-0.39, 0.29) is 18.0 Å². The summed E-state index contributed by atoms with van der Waals surface area (Å²) in [6.45, 7) is 7.28.